The molecule has 2 rings (SSSR count). The fraction of sp³-hybridized carbons (Fsp3) is 0.538. The molecule has 0 bridgehead atoms. The van der Waals surface area contributed by atoms with Crippen LogP contribution in [0.4, 0.5) is 0 Å². The highest BCUT2D eigenvalue weighted by atomic mass is 35.5. The summed E-state index contributed by atoms with van der Waals surface area (Å²) in [7, 11) is 1.88. The molecule has 1 amide bonds. The van der Waals surface area contributed by atoms with E-state index in [9.17, 15) is 4.79 Å². The van der Waals surface area contributed by atoms with Gasteiger partial charge in [0, 0.05) is 19.3 Å². The number of carbonyl (C=O) groups is 1. The number of halogens is 2. The largest absolute Gasteiger partial charge is 0.337 e. The summed E-state index contributed by atoms with van der Waals surface area (Å²) in [4.78, 5) is 18.2. The predicted octanol–water partition coefficient (Wildman–Crippen LogP) is 2.14. The van der Waals surface area contributed by atoms with Gasteiger partial charge < -0.3 is 10.2 Å². The van der Waals surface area contributed by atoms with Gasteiger partial charge in [0.05, 0.1) is 0 Å². The zero-order valence-electron chi connectivity index (χ0n) is 11.0. The van der Waals surface area contributed by atoms with E-state index in [0.717, 1.165) is 32.4 Å². The number of aromatic nitrogens is 1. The van der Waals surface area contributed by atoms with Gasteiger partial charge in [-0.15, -0.1) is 24.8 Å². The van der Waals surface area contributed by atoms with Crippen molar-refractivity contribution in [2.24, 2.45) is 0 Å². The maximum atomic E-state index is 12.2. The number of rotatable bonds is 2. The van der Waals surface area contributed by atoms with E-state index >= 15 is 0 Å². The fourth-order valence-corrected chi connectivity index (χ4v) is 2.22. The minimum absolute atomic E-state index is 0. The highest BCUT2D eigenvalue weighted by molar-refractivity contribution is 5.92. The molecule has 1 aromatic rings. The number of nitrogens with one attached hydrogen (secondary N) is 1. The third-order valence-electron chi connectivity index (χ3n) is 3.30. The summed E-state index contributed by atoms with van der Waals surface area (Å²) in [5, 5.41) is 3.36. The molecule has 1 aromatic heterocycles. The standard InChI is InChI=1S/C13H19N3O.2ClH/c1-16(11-5-4-8-14-10-7-11)13(17)12-6-2-3-9-15-12;;/h2-3,6,9,11,14H,4-5,7-8,10H2,1H3;2*1H. The summed E-state index contributed by atoms with van der Waals surface area (Å²) in [6.07, 6.45) is 4.89. The monoisotopic (exact) mass is 305 g/mol. The summed E-state index contributed by atoms with van der Waals surface area (Å²) in [5.74, 6) is 0.0255. The van der Waals surface area contributed by atoms with Gasteiger partial charge in [-0.25, -0.2) is 0 Å². The number of nitrogens with zero attached hydrogens (tertiary/aromatic N) is 2. The molecule has 1 saturated heterocycles. The Hall–Kier alpha value is -0.840. The molecule has 1 unspecified atom stereocenters. The van der Waals surface area contributed by atoms with E-state index in [1.807, 2.05) is 24.1 Å². The minimum atomic E-state index is 0. The van der Waals surface area contributed by atoms with Gasteiger partial charge >= 0.3 is 0 Å². The molecule has 1 aliphatic rings. The van der Waals surface area contributed by atoms with Crippen molar-refractivity contribution in [3.8, 4) is 0 Å². The summed E-state index contributed by atoms with van der Waals surface area (Å²) in [6.45, 7) is 2.05. The van der Waals surface area contributed by atoms with Crippen molar-refractivity contribution in [2.45, 2.75) is 25.3 Å². The van der Waals surface area contributed by atoms with Crippen LogP contribution in [0.2, 0.25) is 0 Å². The van der Waals surface area contributed by atoms with Crippen molar-refractivity contribution in [1.29, 1.82) is 0 Å². The Labute approximate surface area is 126 Å². The average Bonchev–Trinajstić information content (AvgIpc) is 2.67. The Morgan fingerprint density at radius 2 is 2.11 bits per heavy atom. The quantitative estimate of drug-likeness (QED) is 0.910. The number of hydrogen-bond acceptors (Lipinski definition) is 3. The summed E-state index contributed by atoms with van der Waals surface area (Å²) >= 11 is 0. The third kappa shape index (κ3) is 4.97. The van der Waals surface area contributed by atoms with E-state index in [1.165, 1.54) is 0 Å². The Kier molecular flexibility index (Phi) is 8.72. The number of carbonyl (C=O) groups excluding carboxylic acids is 1. The van der Waals surface area contributed by atoms with Gasteiger partial charge in [-0.2, -0.15) is 0 Å². The van der Waals surface area contributed by atoms with Crippen molar-refractivity contribution in [2.75, 3.05) is 20.1 Å². The van der Waals surface area contributed by atoms with Gasteiger partial charge in [0.25, 0.3) is 5.91 Å². The average molecular weight is 306 g/mol. The first-order valence-electron chi connectivity index (χ1n) is 6.18. The molecule has 1 atom stereocenters. The van der Waals surface area contributed by atoms with Gasteiger partial charge in [-0.3, -0.25) is 9.78 Å². The lowest BCUT2D eigenvalue weighted by atomic mass is 10.1. The molecule has 108 valence electrons. The third-order valence-corrected chi connectivity index (χ3v) is 3.30. The highest BCUT2D eigenvalue weighted by Gasteiger charge is 2.22. The van der Waals surface area contributed by atoms with Crippen molar-refractivity contribution in [3.05, 3.63) is 30.1 Å². The molecule has 0 saturated carbocycles. The van der Waals surface area contributed by atoms with E-state index in [-0.39, 0.29) is 30.7 Å². The van der Waals surface area contributed by atoms with E-state index in [2.05, 4.69) is 10.3 Å². The second kappa shape index (κ2) is 9.13. The molecule has 0 aliphatic carbocycles. The topological polar surface area (TPSA) is 45.2 Å². The fourth-order valence-electron chi connectivity index (χ4n) is 2.22. The zero-order chi connectivity index (χ0) is 12.1. The van der Waals surface area contributed by atoms with Crippen molar-refractivity contribution < 1.29 is 4.79 Å². The van der Waals surface area contributed by atoms with Crippen molar-refractivity contribution in [3.63, 3.8) is 0 Å². The molecule has 0 radical (unpaired) electrons. The van der Waals surface area contributed by atoms with Gasteiger partial charge in [-0.1, -0.05) is 6.07 Å². The molecule has 1 N–H and O–H groups in total. The lowest BCUT2D eigenvalue weighted by molar-refractivity contribution is 0.0714. The maximum Gasteiger partial charge on any atom is 0.272 e. The van der Waals surface area contributed by atoms with Crippen molar-refractivity contribution >= 4 is 30.7 Å². The highest BCUT2D eigenvalue weighted by Crippen LogP contribution is 2.13. The van der Waals surface area contributed by atoms with E-state index in [4.69, 9.17) is 0 Å². The van der Waals surface area contributed by atoms with Crippen LogP contribution in [0.1, 0.15) is 29.8 Å². The normalized spacial score (nSPS) is 18.5. The first-order chi connectivity index (χ1) is 8.29. The second-order valence-electron chi connectivity index (χ2n) is 4.47. The first-order valence-corrected chi connectivity index (χ1v) is 6.18. The van der Waals surface area contributed by atoms with Gasteiger partial charge in [0.15, 0.2) is 0 Å². The molecule has 6 heteroatoms. The van der Waals surface area contributed by atoms with Gasteiger partial charge in [0.1, 0.15) is 5.69 Å². The second-order valence-corrected chi connectivity index (χ2v) is 4.47. The first kappa shape index (κ1) is 18.2. The number of pyridine rings is 1. The molecule has 4 nitrogen and oxygen atoms in total. The zero-order valence-corrected chi connectivity index (χ0v) is 12.7. The smallest absolute Gasteiger partial charge is 0.272 e. The van der Waals surface area contributed by atoms with E-state index in [0.29, 0.717) is 11.7 Å². The van der Waals surface area contributed by atoms with Crippen molar-refractivity contribution in [1.82, 2.24) is 15.2 Å². The molecular formula is C13H21Cl2N3O. The van der Waals surface area contributed by atoms with Crippen LogP contribution in [0.25, 0.3) is 0 Å². The molecular weight excluding hydrogens is 285 g/mol. The summed E-state index contributed by atoms with van der Waals surface area (Å²) in [6, 6.07) is 5.78. The van der Waals surface area contributed by atoms with E-state index in [1.54, 1.807) is 12.3 Å². The van der Waals surface area contributed by atoms with Crippen LogP contribution in [-0.4, -0.2) is 42.0 Å². The van der Waals surface area contributed by atoms with Gasteiger partial charge in [-0.05, 0) is 44.5 Å². The minimum Gasteiger partial charge on any atom is -0.337 e. The Morgan fingerprint density at radius 1 is 1.32 bits per heavy atom. The Balaban J connectivity index is 0.00000162. The number of amides is 1. The Morgan fingerprint density at radius 3 is 2.79 bits per heavy atom. The lowest BCUT2D eigenvalue weighted by Crippen LogP contribution is -2.37. The van der Waals surface area contributed by atoms with Crippen LogP contribution < -0.4 is 5.32 Å². The molecule has 19 heavy (non-hydrogen) atoms. The van der Waals surface area contributed by atoms with Crippen LogP contribution in [0, 0.1) is 0 Å². The summed E-state index contributed by atoms with van der Waals surface area (Å²) in [5.41, 5.74) is 0.534. The van der Waals surface area contributed by atoms with Crippen LogP contribution in [-0.2, 0) is 0 Å². The van der Waals surface area contributed by atoms with Crippen LogP contribution >= 0.6 is 24.8 Å². The molecule has 0 aromatic carbocycles. The van der Waals surface area contributed by atoms with Crippen LogP contribution in [0.5, 0.6) is 0 Å². The van der Waals surface area contributed by atoms with Crippen LogP contribution in [0.3, 0.4) is 0 Å². The number of hydrogen-bond donors (Lipinski definition) is 1. The SMILES string of the molecule is CN(C(=O)c1ccccn1)C1CCCNCC1.Cl.Cl. The maximum absolute atomic E-state index is 12.2. The summed E-state index contributed by atoms with van der Waals surface area (Å²) < 4.78 is 0. The van der Waals surface area contributed by atoms with Gasteiger partial charge in [0.2, 0.25) is 0 Å². The predicted molar refractivity (Wildman–Crippen MR) is 81.3 cm³/mol. The molecule has 1 aliphatic heterocycles. The van der Waals surface area contributed by atoms with E-state index < -0.39 is 0 Å². The molecule has 2 heterocycles. The molecule has 1 fully saturated rings. The van der Waals surface area contributed by atoms with Crippen LogP contribution in [0.15, 0.2) is 24.4 Å². The molecule has 0 spiro atoms. The lowest BCUT2D eigenvalue weighted by Gasteiger charge is -2.26. The Bertz CT molecular complexity index is 367.